The van der Waals surface area contributed by atoms with Crippen LogP contribution in [-0.2, 0) is 11.8 Å². The van der Waals surface area contributed by atoms with Crippen molar-refractivity contribution >= 4 is 39.9 Å². The molecule has 1 aliphatic heterocycles. The van der Waals surface area contributed by atoms with Gasteiger partial charge < -0.3 is 16.0 Å². The summed E-state index contributed by atoms with van der Waals surface area (Å²) in [4.78, 5) is 24.8. The smallest absolute Gasteiger partial charge is 0.259 e. The number of para-hydroxylation sites is 2. The minimum absolute atomic E-state index is 0.0686. The molecule has 2 heterocycles. The van der Waals surface area contributed by atoms with Crippen molar-refractivity contribution in [1.82, 2.24) is 9.78 Å². The Hall–Kier alpha value is -3.35. The molecule has 7 nitrogen and oxygen atoms in total. The maximum Gasteiger partial charge on any atom is 0.259 e. The second kappa shape index (κ2) is 6.18. The van der Waals surface area contributed by atoms with Crippen molar-refractivity contribution in [3.63, 3.8) is 0 Å². The number of nitrogens with one attached hydrogen (secondary N) is 3. The minimum Gasteiger partial charge on any atom is -0.380 e. The van der Waals surface area contributed by atoms with E-state index in [1.807, 2.05) is 38.2 Å². The number of aryl methyl sites for hydroxylation is 1. The Bertz CT molecular complexity index is 1020. The van der Waals surface area contributed by atoms with Crippen LogP contribution in [0.3, 0.4) is 0 Å². The van der Waals surface area contributed by atoms with Gasteiger partial charge in [0.05, 0.1) is 22.5 Å². The first-order chi connectivity index (χ1) is 12.5. The lowest BCUT2D eigenvalue weighted by Gasteiger charge is -2.15. The van der Waals surface area contributed by atoms with Crippen LogP contribution in [-0.4, -0.2) is 27.6 Å². The molecular formula is C19H19N5O2. The molecule has 3 N–H and O–H groups in total. The Morgan fingerprint density at radius 1 is 1.23 bits per heavy atom. The molecule has 1 unspecified atom stereocenters. The zero-order chi connectivity index (χ0) is 18.3. The van der Waals surface area contributed by atoms with Gasteiger partial charge in [0, 0.05) is 24.9 Å². The van der Waals surface area contributed by atoms with E-state index in [0.717, 1.165) is 10.9 Å². The maximum atomic E-state index is 12.9. The van der Waals surface area contributed by atoms with Gasteiger partial charge >= 0.3 is 0 Å². The van der Waals surface area contributed by atoms with Crippen LogP contribution in [0.2, 0.25) is 0 Å². The van der Waals surface area contributed by atoms with Crippen LogP contribution >= 0.6 is 0 Å². The van der Waals surface area contributed by atoms with Crippen LogP contribution in [0.5, 0.6) is 0 Å². The number of hydrogen-bond acceptors (Lipinski definition) is 4. The molecule has 4 rings (SSSR count). The van der Waals surface area contributed by atoms with Gasteiger partial charge in [-0.2, -0.15) is 5.10 Å². The van der Waals surface area contributed by atoms with Crippen molar-refractivity contribution in [1.29, 1.82) is 0 Å². The molecular weight excluding hydrogens is 330 g/mol. The van der Waals surface area contributed by atoms with Crippen molar-refractivity contribution in [2.24, 2.45) is 7.05 Å². The average Bonchev–Trinajstić information content (AvgIpc) is 2.83. The monoisotopic (exact) mass is 349 g/mol. The summed E-state index contributed by atoms with van der Waals surface area (Å²) in [6.45, 7) is 1.91. The lowest BCUT2D eigenvalue weighted by Crippen LogP contribution is -2.20. The van der Waals surface area contributed by atoms with E-state index in [0.29, 0.717) is 29.2 Å². The van der Waals surface area contributed by atoms with Crippen molar-refractivity contribution < 1.29 is 9.59 Å². The number of carbonyl (C=O) groups is 2. The van der Waals surface area contributed by atoms with Crippen LogP contribution < -0.4 is 16.0 Å². The normalized spacial score (nSPS) is 16.4. The lowest BCUT2D eigenvalue weighted by molar-refractivity contribution is -0.116. The summed E-state index contributed by atoms with van der Waals surface area (Å²) in [7, 11) is 1.84. The van der Waals surface area contributed by atoms with Crippen LogP contribution in [0.25, 0.3) is 10.9 Å². The van der Waals surface area contributed by atoms with Crippen LogP contribution in [0.1, 0.15) is 23.7 Å². The Morgan fingerprint density at radius 3 is 2.88 bits per heavy atom. The molecule has 26 heavy (non-hydrogen) atoms. The lowest BCUT2D eigenvalue weighted by atomic mass is 10.1. The molecule has 0 radical (unpaired) electrons. The summed E-state index contributed by atoms with van der Waals surface area (Å²) in [5, 5.41) is 14.3. The second-order valence-corrected chi connectivity index (χ2v) is 6.47. The van der Waals surface area contributed by atoms with E-state index in [1.54, 1.807) is 22.9 Å². The summed E-state index contributed by atoms with van der Waals surface area (Å²) in [6.07, 6.45) is 0.348. The molecule has 2 amide bonds. The Labute approximate surface area is 150 Å². The van der Waals surface area contributed by atoms with Gasteiger partial charge in [-0.1, -0.05) is 18.2 Å². The van der Waals surface area contributed by atoms with Gasteiger partial charge in [-0.15, -0.1) is 0 Å². The number of hydrogen-bond donors (Lipinski definition) is 3. The molecule has 7 heteroatoms. The molecule has 0 bridgehead atoms. The molecule has 2 aromatic carbocycles. The third kappa shape index (κ3) is 2.77. The predicted octanol–water partition coefficient (Wildman–Crippen LogP) is 2.97. The number of carbonyl (C=O) groups excluding carboxylic acids is 2. The van der Waals surface area contributed by atoms with Gasteiger partial charge in [0.1, 0.15) is 0 Å². The minimum atomic E-state index is -0.276. The van der Waals surface area contributed by atoms with E-state index in [9.17, 15) is 9.59 Å². The molecule has 1 atom stereocenters. The number of fused-ring (bicyclic) bond motifs is 2. The summed E-state index contributed by atoms with van der Waals surface area (Å²) < 4.78 is 1.73. The summed E-state index contributed by atoms with van der Waals surface area (Å²) >= 11 is 0. The van der Waals surface area contributed by atoms with Gasteiger partial charge in [-0.25, -0.2) is 0 Å². The molecule has 1 aromatic heterocycles. The number of anilines is 3. The number of rotatable bonds is 2. The second-order valence-electron chi connectivity index (χ2n) is 6.47. The Morgan fingerprint density at radius 2 is 2.04 bits per heavy atom. The molecule has 132 valence electrons. The standard InChI is InChI=1S/C19H19N5O2/c1-11-10-16(25)21-14-8-5-7-13(17(14)20-11)19(26)22-18-12-6-3-4-9-15(12)24(2)23-18/h3-9,11,20H,10H2,1-2H3,(H,21,25)(H,22,23,26). The van der Waals surface area contributed by atoms with Crippen molar-refractivity contribution in [2.75, 3.05) is 16.0 Å². The van der Waals surface area contributed by atoms with E-state index < -0.39 is 0 Å². The van der Waals surface area contributed by atoms with Gasteiger partial charge in [-0.05, 0) is 31.2 Å². The van der Waals surface area contributed by atoms with Gasteiger partial charge in [0.15, 0.2) is 5.82 Å². The summed E-state index contributed by atoms with van der Waals surface area (Å²) in [6, 6.07) is 12.9. The largest absolute Gasteiger partial charge is 0.380 e. The molecule has 0 aliphatic carbocycles. The molecule has 0 saturated heterocycles. The molecule has 1 aliphatic rings. The zero-order valence-electron chi connectivity index (χ0n) is 14.5. The highest BCUT2D eigenvalue weighted by Crippen LogP contribution is 2.31. The third-order valence-electron chi connectivity index (χ3n) is 4.46. The van der Waals surface area contributed by atoms with Crippen molar-refractivity contribution in [3.05, 3.63) is 48.0 Å². The molecule has 3 aromatic rings. The SMILES string of the molecule is CC1CC(=O)Nc2cccc(C(=O)Nc3nn(C)c4ccccc34)c2N1. The first kappa shape index (κ1) is 16.1. The highest BCUT2D eigenvalue weighted by molar-refractivity contribution is 6.13. The number of amides is 2. The average molecular weight is 349 g/mol. The van der Waals surface area contributed by atoms with E-state index >= 15 is 0 Å². The number of nitrogens with zero attached hydrogens (tertiary/aromatic N) is 2. The third-order valence-corrected chi connectivity index (χ3v) is 4.46. The fraction of sp³-hybridized carbons (Fsp3) is 0.211. The first-order valence-electron chi connectivity index (χ1n) is 8.45. The maximum absolute atomic E-state index is 12.9. The van der Waals surface area contributed by atoms with Crippen LogP contribution in [0, 0.1) is 0 Å². The Balaban J connectivity index is 1.71. The van der Waals surface area contributed by atoms with Gasteiger partial charge in [0.25, 0.3) is 5.91 Å². The fourth-order valence-electron chi connectivity index (χ4n) is 3.26. The zero-order valence-corrected chi connectivity index (χ0v) is 14.5. The van der Waals surface area contributed by atoms with E-state index in [4.69, 9.17) is 0 Å². The highest BCUT2D eigenvalue weighted by Gasteiger charge is 2.23. The summed E-state index contributed by atoms with van der Waals surface area (Å²) in [5.74, 6) is 0.162. The molecule has 0 saturated carbocycles. The number of aromatic nitrogens is 2. The predicted molar refractivity (Wildman–Crippen MR) is 101 cm³/mol. The first-order valence-corrected chi connectivity index (χ1v) is 8.45. The summed E-state index contributed by atoms with van der Waals surface area (Å²) in [5.41, 5.74) is 2.64. The quantitative estimate of drug-likeness (QED) is 0.664. The van der Waals surface area contributed by atoms with Crippen molar-refractivity contribution in [3.8, 4) is 0 Å². The topological polar surface area (TPSA) is 88.1 Å². The van der Waals surface area contributed by atoms with Gasteiger partial charge in [-0.3, -0.25) is 14.3 Å². The van der Waals surface area contributed by atoms with E-state index in [-0.39, 0.29) is 17.9 Å². The van der Waals surface area contributed by atoms with Crippen LogP contribution in [0.15, 0.2) is 42.5 Å². The van der Waals surface area contributed by atoms with Crippen LogP contribution in [0.4, 0.5) is 17.2 Å². The molecule has 0 fully saturated rings. The number of benzene rings is 2. The highest BCUT2D eigenvalue weighted by atomic mass is 16.2. The van der Waals surface area contributed by atoms with Gasteiger partial charge in [0.2, 0.25) is 5.91 Å². The van der Waals surface area contributed by atoms with E-state index in [2.05, 4.69) is 21.0 Å². The van der Waals surface area contributed by atoms with E-state index in [1.165, 1.54) is 0 Å². The fourth-order valence-corrected chi connectivity index (χ4v) is 3.26. The Kier molecular flexibility index (Phi) is 3.84. The molecule has 0 spiro atoms. The van der Waals surface area contributed by atoms with Crippen molar-refractivity contribution in [2.45, 2.75) is 19.4 Å².